The second kappa shape index (κ2) is 3.23. The zero-order valence-corrected chi connectivity index (χ0v) is 11.0. The fourth-order valence-electron chi connectivity index (χ4n) is 5.06. The van der Waals surface area contributed by atoms with Gasteiger partial charge < -0.3 is 5.11 Å². The summed E-state index contributed by atoms with van der Waals surface area (Å²) in [6.45, 7) is 6.93. The van der Waals surface area contributed by atoms with Crippen LogP contribution in [-0.2, 0) is 4.79 Å². The van der Waals surface area contributed by atoms with E-state index in [4.69, 9.17) is 0 Å². The molecule has 3 rings (SSSR count). The molecule has 2 saturated carbocycles. The molecule has 0 spiro atoms. The molecular weight excluding hydrogens is 212 g/mol. The van der Waals surface area contributed by atoms with Gasteiger partial charge >= 0.3 is 0 Å². The Hall–Kier alpha value is -0.630. The number of fused-ring (bicyclic) bond motifs is 1. The quantitative estimate of drug-likeness (QED) is 0.757. The van der Waals surface area contributed by atoms with Crippen molar-refractivity contribution in [2.75, 3.05) is 6.61 Å². The minimum atomic E-state index is 0.0608. The summed E-state index contributed by atoms with van der Waals surface area (Å²) in [5.74, 6) is 1.42. The van der Waals surface area contributed by atoms with E-state index in [-0.39, 0.29) is 29.1 Å². The average Bonchev–Trinajstić information content (AvgIpc) is 2.41. The van der Waals surface area contributed by atoms with Crippen LogP contribution in [0.5, 0.6) is 0 Å². The fraction of sp³-hybridized carbons (Fsp3) is 0.800. The zero-order chi connectivity index (χ0) is 12.4. The number of aliphatic hydroxyl groups excluding tert-OH is 1. The lowest BCUT2D eigenvalue weighted by atomic mass is 9.38. The predicted octanol–water partition coefficient (Wildman–Crippen LogP) is 2.57. The van der Waals surface area contributed by atoms with Gasteiger partial charge in [-0.05, 0) is 47.2 Å². The summed E-state index contributed by atoms with van der Waals surface area (Å²) in [5, 5.41) is 9.51. The maximum atomic E-state index is 12.3. The summed E-state index contributed by atoms with van der Waals surface area (Å²) in [4.78, 5) is 12.3. The Morgan fingerprint density at radius 2 is 2.00 bits per heavy atom. The average molecular weight is 234 g/mol. The van der Waals surface area contributed by atoms with Crippen LogP contribution in [0, 0.1) is 28.6 Å². The summed E-state index contributed by atoms with van der Waals surface area (Å²) in [7, 11) is 0. The number of hydrogen-bond donors (Lipinski definition) is 1. The summed E-state index contributed by atoms with van der Waals surface area (Å²) < 4.78 is 0. The molecule has 3 aliphatic carbocycles. The molecule has 0 aromatic heterocycles. The van der Waals surface area contributed by atoms with Crippen molar-refractivity contribution in [1.29, 1.82) is 0 Å². The third-order valence-electron chi connectivity index (χ3n) is 5.79. The number of rotatable bonds is 1. The predicted molar refractivity (Wildman–Crippen MR) is 66.4 cm³/mol. The second-order valence-electron chi connectivity index (χ2n) is 7.11. The van der Waals surface area contributed by atoms with Crippen molar-refractivity contribution in [1.82, 2.24) is 0 Å². The van der Waals surface area contributed by atoms with Gasteiger partial charge in [-0.1, -0.05) is 27.2 Å². The van der Waals surface area contributed by atoms with Crippen molar-refractivity contribution in [3.05, 3.63) is 11.6 Å². The van der Waals surface area contributed by atoms with E-state index in [1.54, 1.807) is 6.08 Å². The lowest BCUT2D eigenvalue weighted by Gasteiger charge is -2.65. The Morgan fingerprint density at radius 3 is 2.65 bits per heavy atom. The Morgan fingerprint density at radius 1 is 1.29 bits per heavy atom. The molecule has 4 atom stereocenters. The molecule has 3 aliphatic rings. The Kier molecular flexibility index (Phi) is 2.17. The molecule has 0 amide bonds. The van der Waals surface area contributed by atoms with Crippen LogP contribution in [0.2, 0.25) is 0 Å². The molecule has 0 radical (unpaired) electrons. The summed E-state index contributed by atoms with van der Waals surface area (Å²) in [6.07, 6.45) is 5.31. The molecular formula is C15H22O2. The van der Waals surface area contributed by atoms with Gasteiger partial charge in [0.05, 0.1) is 6.61 Å². The minimum Gasteiger partial charge on any atom is -0.392 e. The van der Waals surface area contributed by atoms with E-state index in [0.717, 1.165) is 12.0 Å². The SMILES string of the molecule is CC1(C)CCCC2(C)C3C(=O)C=C(CO)C2C31. The zero-order valence-electron chi connectivity index (χ0n) is 11.0. The molecule has 0 aromatic carbocycles. The highest BCUT2D eigenvalue weighted by molar-refractivity contribution is 5.96. The topological polar surface area (TPSA) is 37.3 Å². The van der Waals surface area contributed by atoms with E-state index < -0.39 is 0 Å². The minimum absolute atomic E-state index is 0.0608. The van der Waals surface area contributed by atoms with Crippen molar-refractivity contribution >= 4 is 5.78 Å². The normalized spacial score (nSPS) is 46.9. The summed E-state index contributed by atoms with van der Waals surface area (Å²) in [5.41, 5.74) is 1.39. The van der Waals surface area contributed by atoms with E-state index in [0.29, 0.717) is 11.8 Å². The fourth-order valence-corrected chi connectivity index (χ4v) is 5.06. The molecule has 0 aromatic rings. The van der Waals surface area contributed by atoms with Crippen LogP contribution in [0.1, 0.15) is 40.0 Å². The van der Waals surface area contributed by atoms with Crippen LogP contribution in [0.4, 0.5) is 0 Å². The van der Waals surface area contributed by atoms with Gasteiger partial charge in [-0.2, -0.15) is 0 Å². The highest BCUT2D eigenvalue weighted by Gasteiger charge is 2.68. The summed E-state index contributed by atoms with van der Waals surface area (Å²) >= 11 is 0. The first-order valence-corrected chi connectivity index (χ1v) is 6.77. The third kappa shape index (κ3) is 1.22. The number of hydrogen-bond acceptors (Lipinski definition) is 2. The maximum absolute atomic E-state index is 12.3. The molecule has 4 bridgehead atoms. The van der Waals surface area contributed by atoms with E-state index >= 15 is 0 Å². The van der Waals surface area contributed by atoms with Crippen LogP contribution < -0.4 is 0 Å². The maximum Gasteiger partial charge on any atom is 0.159 e. The van der Waals surface area contributed by atoms with E-state index in [1.165, 1.54) is 12.8 Å². The molecule has 4 unspecified atom stereocenters. The van der Waals surface area contributed by atoms with Gasteiger partial charge in [0.25, 0.3) is 0 Å². The monoisotopic (exact) mass is 234 g/mol. The van der Waals surface area contributed by atoms with Gasteiger partial charge in [0.1, 0.15) is 0 Å². The molecule has 1 N–H and O–H groups in total. The molecule has 17 heavy (non-hydrogen) atoms. The largest absolute Gasteiger partial charge is 0.392 e. The number of ketones is 1. The lowest BCUT2D eigenvalue weighted by molar-refractivity contribution is -0.165. The molecule has 0 aliphatic heterocycles. The molecule has 0 saturated heterocycles. The van der Waals surface area contributed by atoms with Crippen molar-refractivity contribution in [3.8, 4) is 0 Å². The third-order valence-corrected chi connectivity index (χ3v) is 5.79. The number of carbonyl (C=O) groups is 1. The standard InChI is InChI=1S/C15H22O2/c1-14(2)5-4-6-15(3)11-9(8-16)7-10(17)12(15)13(11)14/h7,11-13,16H,4-6,8H2,1-3H3. The van der Waals surface area contributed by atoms with Crippen molar-refractivity contribution in [2.24, 2.45) is 28.6 Å². The number of carbonyl (C=O) groups excluding carboxylic acids is 1. The van der Waals surface area contributed by atoms with Crippen molar-refractivity contribution < 1.29 is 9.90 Å². The Bertz CT molecular complexity index is 407. The first-order chi connectivity index (χ1) is 7.92. The Balaban J connectivity index is 2.11. The van der Waals surface area contributed by atoms with Gasteiger partial charge in [0, 0.05) is 5.92 Å². The molecule has 2 heteroatoms. The first-order valence-electron chi connectivity index (χ1n) is 6.77. The van der Waals surface area contributed by atoms with Gasteiger partial charge in [-0.15, -0.1) is 0 Å². The second-order valence-corrected chi connectivity index (χ2v) is 7.11. The van der Waals surface area contributed by atoms with Crippen molar-refractivity contribution in [2.45, 2.75) is 40.0 Å². The number of aliphatic hydroxyl groups is 1. The molecule has 0 heterocycles. The van der Waals surface area contributed by atoms with E-state index in [1.807, 2.05) is 0 Å². The lowest BCUT2D eigenvalue weighted by Crippen LogP contribution is -2.64. The van der Waals surface area contributed by atoms with E-state index in [2.05, 4.69) is 20.8 Å². The van der Waals surface area contributed by atoms with Crippen LogP contribution in [0.25, 0.3) is 0 Å². The van der Waals surface area contributed by atoms with Gasteiger partial charge in [0.15, 0.2) is 5.78 Å². The van der Waals surface area contributed by atoms with Crippen LogP contribution in [0.15, 0.2) is 11.6 Å². The van der Waals surface area contributed by atoms with Gasteiger partial charge in [-0.3, -0.25) is 4.79 Å². The van der Waals surface area contributed by atoms with Crippen LogP contribution in [-0.4, -0.2) is 17.5 Å². The Labute approximate surface area is 103 Å². The van der Waals surface area contributed by atoms with Gasteiger partial charge in [0.2, 0.25) is 0 Å². The number of allylic oxidation sites excluding steroid dienone is 1. The van der Waals surface area contributed by atoms with E-state index in [9.17, 15) is 9.90 Å². The van der Waals surface area contributed by atoms with Crippen LogP contribution in [0.3, 0.4) is 0 Å². The molecule has 2 nitrogen and oxygen atoms in total. The van der Waals surface area contributed by atoms with Gasteiger partial charge in [-0.25, -0.2) is 0 Å². The highest BCUT2D eigenvalue weighted by Crippen LogP contribution is 2.71. The molecule has 2 fully saturated rings. The summed E-state index contributed by atoms with van der Waals surface area (Å²) in [6, 6.07) is 0. The highest BCUT2D eigenvalue weighted by atomic mass is 16.3. The van der Waals surface area contributed by atoms with Crippen molar-refractivity contribution in [3.63, 3.8) is 0 Å². The molecule has 94 valence electrons. The van der Waals surface area contributed by atoms with Crippen LogP contribution >= 0.6 is 0 Å². The smallest absolute Gasteiger partial charge is 0.159 e. The first kappa shape index (κ1) is 11.5.